The molecule has 0 saturated carbocycles. The van der Waals surface area contributed by atoms with Gasteiger partial charge >= 0.3 is 12.1 Å². The number of rotatable bonds is 3. The standard InChI is InChI=1S/C27H35N7O4/c1-17-12-22-18(14-31(5)30-22)13-21(17)29-25(36)34-9-7-20-23(6-8-28-24(20)34)32-10-11-33(19(15-32)16-35)26(37)38-27(2,3)4/h6,8,12-14,19,35H,7,9-11,15-16H2,1-5H3,(H,29,36)/t19-/m1/s1. The Morgan fingerprint density at radius 1 is 1.21 bits per heavy atom. The largest absolute Gasteiger partial charge is 0.444 e. The maximum Gasteiger partial charge on any atom is 0.410 e. The number of carbonyl (C=O) groups is 2. The van der Waals surface area contributed by atoms with Gasteiger partial charge in [0.05, 0.1) is 18.2 Å². The van der Waals surface area contributed by atoms with E-state index < -0.39 is 17.7 Å². The number of nitrogens with zero attached hydrogens (tertiary/aromatic N) is 6. The minimum atomic E-state index is -0.605. The number of fused-ring (bicyclic) bond motifs is 2. The molecule has 0 bridgehead atoms. The van der Waals surface area contributed by atoms with E-state index in [0.717, 1.165) is 33.4 Å². The fourth-order valence-corrected chi connectivity index (χ4v) is 5.18. The average Bonchev–Trinajstić information content (AvgIpc) is 3.45. The number of hydrogen-bond donors (Lipinski definition) is 2. The Morgan fingerprint density at radius 2 is 2.00 bits per heavy atom. The number of carbonyl (C=O) groups excluding carboxylic acids is 2. The van der Waals surface area contributed by atoms with E-state index in [1.165, 1.54) is 0 Å². The Morgan fingerprint density at radius 3 is 2.74 bits per heavy atom. The second-order valence-corrected chi connectivity index (χ2v) is 10.9. The van der Waals surface area contributed by atoms with Gasteiger partial charge in [0.25, 0.3) is 0 Å². The van der Waals surface area contributed by atoms with Gasteiger partial charge in [0, 0.05) is 67.9 Å². The monoisotopic (exact) mass is 521 g/mol. The molecule has 1 atom stereocenters. The Kier molecular flexibility index (Phi) is 6.64. The number of amides is 3. The second kappa shape index (κ2) is 9.79. The van der Waals surface area contributed by atoms with Gasteiger partial charge in [-0.3, -0.25) is 14.5 Å². The summed E-state index contributed by atoms with van der Waals surface area (Å²) >= 11 is 0. The lowest BCUT2D eigenvalue weighted by atomic mass is 10.1. The summed E-state index contributed by atoms with van der Waals surface area (Å²) in [4.78, 5) is 36.0. The molecule has 0 spiro atoms. The first-order chi connectivity index (χ1) is 18.0. The Balaban J connectivity index is 1.33. The molecule has 2 aliphatic rings. The van der Waals surface area contributed by atoms with Gasteiger partial charge in [0.1, 0.15) is 11.4 Å². The first kappa shape index (κ1) is 25.8. The van der Waals surface area contributed by atoms with E-state index in [1.807, 2.05) is 59.1 Å². The maximum atomic E-state index is 13.3. The van der Waals surface area contributed by atoms with Gasteiger partial charge in [-0.25, -0.2) is 14.6 Å². The molecular formula is C27H35N7O4. The summed E-state index contributed by atoms with van der Waals surface area (Å²) in [5.74, 6) is 0.634. The zero-order chi connectivity index (χ0) is 27.2. The van der Waals surface area contributed by atoms with Crippen molar-refractivity contribution in [3.8, 4) is 0 Å². The SMILES string of the molecule is Cc1cc2nn(C)cc2cc1NC(=O)N1CCc2c(N3CCN(C(=O)OC(C)(C)C)[C@@H](CO)C3)ccnc21. The van der Waals surface area contributed by atoms with Crippen LogP contribution in [-0.2, 0) is 18.2 Å². The summed E-state index contributed by atoms with van der Waals surface area (Å²) in [6.45, 7) is 9.26. The number of benzene rings is 1. The third-order valence-corrected chi connectivity index (χ3v) is 6.96. The van der Waals surface area contributed by atoms with Crippen LogP contribution in [0.15, 0.2) is 30.6 Å². The van der Waals surface area contributed by atoms with Crippen molar-refractivity contribution in [1.29, 1.82) is 0 Å². The minimum absolute atomic E-state index is 0.168. The van der Waals surface area contributed by atoms with E-state index in [1.54, 1.807) is 20.7 Å². The second-order valence-electron chi connectivity index (χ2n) is 10.9. The van der Waals surface area contributed by atoms with Crippen LogP contribution in [-0.4, -0.2) is 81.3 Å². The van der Waals surface area contributed by atoms with Gasteiger partial charge in [-0.15, -0.1) is 0 Å². The fraction of sp³-hybridized carbons (Fsp3) is 0.481. The zero-order valence-corrected chi connectivity index (χ0v) is 22.6. The van der Waals surface area contributed by atoms with E-state index >= 15 is 0 Å². The number of ether oxygens (including phenoxy) is 1. The molecule has 202 valence electrons. The van der Waals surface area contributed by atoms with Crippen LogP contribution in [0.3, 0.4) is 0 Å². The number of piperazine rings is 1. The molecule has 1 aromatic carbocycles. The molecule has 5 rings (SSSR count). The molecule has 1 fully saturated rings. The summed E-state index contributed by atoms with van der Waals surface area (Å²) in [6.07, 6.45) is 3.88. The zero-order valence-electron chi connectivity index (χ0n) is 22.6. The smallest absolute Gasteiger partial charge is 0.410 e. The molecule has 2 aromatic heterocycles. The lowest BCUT2D eigenvalue weighted by Gasteiger charge is -2.42. The molecule has 38 heavy (non-hydrogen) atoms. The van der Waals surface area contributed by atoms with Crippen LogP contribution in [0.1, 0.15) is 31.9 Å². The first-order valence-corrected chi connectivity index (χ1v) is 12.9. The van der Waals surface area contributed by atoms with Crippen molar-refractivity contribution in [2.45, 2.75) is 45.8 Å². The highest BCUT2D eigenvalue weighted by Crippen LogP contribution is 2.35. The van der Waals surface area contributed by atoms with Crippen LogP contribution >= 0.6 is 0 Å². The Bertz CT molecular complexity index is 1380. The molecule has 11 heteroatoms. The van der Waals surface area contributed by atoms with Crippen molar-refractivity contribution in [3.63, 3.8) is 0 Å². The molecule has 3 amide bonds. The minimum Gasteiger partial charge on any atom is -0.444 e. The van der Waals surface area contributed by atoms with Crippen LogP contribution in [0, 0.1) is 6.92 Å². The molecule has 0 radical (unpaired) electrons. The van der Waals surface area contributed by atoms with Crippen LogP contribution in [0.4, 0.5) is 26.8 Å². The van der Waals surface area contributed by atoms with Crippen LogP contribution < -0.4 is 15.1 Å². The van der Waals surface area contributed by atoms with Gasteiger partial charge in [-0.2, -0.15) is 5.10 Å². The van der Waals surface area contributed by atoms with Gasteiger partial charge in [0.2, 0.25) is 0 Å². The number of nitrogens with one attached hydrogen (secondary N) is 1. The van der Waals surface area contributed by atoms with Crippen LogP contribution in [0.25, 0.3) is 10.9 Å². The van der Waals surface area contributed by atoms with E-state index in [9.17, 15) is 14.7 Å². The topological polar surface area (TPSA) is 116 Å². The summed E-state index contributed by atoms with van der Waals surface area (Å²) in [6, 6.07) is 5.22. The molecular weight excluding hydrogens is 486 g/mol. The Labute approximate surface area is 222 Å². The normalized spacial score (nSPS) is 17.6. The number of urea groups is 1. The summed E-state index contributed by atoms with van der Waals surface area (Å²) in [5.41, 5.74) is 3.92. The van der Waals surface area contributed by atoms with Crippen molar-refractivity contribution in [2.75, 3.05) is 47.9 Å². The van der Waals surface area contributed by atoms with Crippen molar-refractivity contribution in [2.24, 2.45) is 7.05 Å². The third kappa shape index (κ3) is 4.98. The highest BCUT2D eigenvalue weighted by atomic mass is 16.6. The highest BCUT2D eigenvalue weighted by molar-refractivity contribution is 6.04. The molecule has 1 saturated heterocycles. The predicted octanol–water partition coefficient (Wildman–Crippen LogP) is 3.29. The molecule has 3 aromatic rings. The van der Waals surface area contributed by atoms with Gasteiger partial charge in [-0.1, -0.05) is 0 Å². The summed E-state index contributed by atoms with van der Waals surface area (Å²) in [5, 5.41) is 18.5. The van der Waals surface area contributed by atoms with E-state index in [0.29, 0.717) is 38.4 Å². The van der Waals surface area contributed by atoms with Gasteiger partial charge < -0.3 is 20.1 Å². The number of anilines is 3. The molecule has 0 aliphatic carbocycles. The third-order valence-electron chi connectivity index (χ3n) is 6.96. The van der Waals surface area contributed by atoms with Crippen LogP contribution in [0.2, 0.25) is 0 Å². The van der Waals surface area contributed by atoms with Crippen LogP contribution in [0.5, 0.6) is 0 Å². The van der Waals surface area contributed by atoms with Gasteiger partial charge in [-0.05, 0) is 57.9 Å². The number of aliphatic hydroxyl groups excluding tert-OH is 1. The number of aliphatic hydroxyl groups is 1. The highest BCUT2D eigenvalue weighted by Gasteiger charge is 2.36. The van der Waals surface area contributed by atoms with Crippen molar-refractivity contribution in [3.05, 3.63) is 41.7 Å². The number of pyridine rings is 1. The molecule has 2 aliphatic heterocycles. The Hall–Kier alpha value is -3.86. The quantitative estimate of drug-likeness (QED) is 0.543. The average molecular weight is 522 g/mol. The fourth-order valence-electron chi connectivity index (χ4n) is 5.18. The lowest BCUT2D eigenvalue weighted by molar-refractivity contribution is 0.00703. The first-order valence-electron chi connectivity index (χ1n) is 12.9. The molecule has 0 unspecified atom stereocenters. The summed E-state index contributed by atoms with van der Waals surface area (Å²) in [7, 11) is 1.87. The number of aromatic nitrogens is 3. The number of hydrogen-bond acceptors (Lipinski definition) is 7. The molecule has 2 N–H and O–H groups in total. The van der Waals surface area contributed by atoms with Crippen molar-refractivity contribution < 1.29 is 19.4 Å². The van der Waals surface area contributed by atoms with E-state index in [2.05, 4.69) is 20.3 Å². The molecule has 4 heterocycles. The summed E-state index contributed by atoms with van der Waals surface area (Å²) < 4.78 is 7.29. The van der Waals surface area contributed by atoms with Crippen molar-refractivity contribution in [1.82, 2.24) is 19.7 Å². The van der Waals surface area contributed by atoms with Gasteiger partial charge in [0.15, 0.2) is 0 Å². The maximum absolute atomic E-state index is 13.3. The van der Waals surface area contributed by atoms with E-state index in [4.69, 9.17) is 4.74 Å². The molecule has 11 nitrogen and oxygen atoms in total. The van der Waals surface area contributed by atoms with E-state index in [-0.39, 0.29) is 12.6 Å². The van der Waals surface area contributed by atoms with Crippen molar-refractivity contribution >= 4 is 40.2 Å². The predicted molar refractivity (Wildman–Crippen MR) is 146 cm³/mol. The lowest BCUT2D eigenvalue weighted by Crippen LogP contribution is -2.57. The number of aryl methyl sites for hydroxylation is 2.